The van der Waals surface area contributed by atoms with Crippen molar-refractivity contribution in [2.24, 2.45) is 4.99 Å². The molecule has 4 aromatic rings. The molecule has 2 heterocycles. The molecule has 0 fully saturated rings. The molecule has 0 saturated carbocycles. The summed E-state index contributed by atoms with van der Waals surface area (Å²) in [5.41, 5.74) is 6.30. The van der Waals surface area contributed by atoms with Crippen LogP contribution < -0.4 is 19.6 Å². The molecule has 1 aromatic heterocycles. The minimum atomic E-state index is -0.981. The Morgan fingerprint density at radius 3 is 2.67 bits per heavy atom. The van der Waals surface area contributed by atoms with E-state index in [-0.39, 0.29) is 17.2 Å². The summed E-state index contributed by atoms with van der Waals surface area (Å²) in [4.78, 5) is 30.7. The molecule has 1 N–H and O–H groups in total. The minimum Gasteiger partial charge on any atom is -0.497 e. The number of nitrogens with zero attached hydrogens (tertiary/aromatic N) is 2. The quantitative estimate of drug-likeness (QED) is 0.465. The predicted octanol–water partition coefficient (Wildman–Crippen LogP) is 4.03. The molecule has 2 aliphatic rings. The highest BCUT2D eigenvalue weighted by atomic mass is 32.1. The Bertz CT molecular complexity index is 1730. The van der Waals surface area contributed by atoms with Crippen LogP contribution in [0.15, 0.2) is 88.2 Å². The maximum absolute atomic E-state index is 13.8. The second-order valence-corrected chi connectivity index (χ2v) is 9.83. The number of carboxylic acid groups (broad SMARTS) is 1. The second kappa shape index (κ2) is 8.77. The molecule has 178 valence electrons. The number of fused-ring (bicyclic) bond motifs is 3. The molecule has 36 heavy (non-hydrogen) atoms. The van der Waals surface area contributed by atoms with E-state index in [9.17, 15) is 14.7 Å². The van der Waals surface area contributed by atoms with E-state index < -0.39 is 5.97 Å². The zero-order valence-corrected chi connectivity index (χ0v) is 20.3. The zero-order chi connectivity index (χ0) is 24.8. The highest BCUT2D eigenvalue weighted by Gasteiger charge is 2.32. The lowest BCUT2D eigenvalue weighted by molar-refractivity contribution is 0.0697. The van der Waals surface area contributed by atoms with E-state index in [1.54, 1.807) is 42.0 Å². The number of aromatic carboxylic acids is 1. The molecule has 0 radical (unpaired) electrons. The summed E-state index contributed by atoms with van der Waals surface area (Å²) in [7, 11) is 1.64. The molecular weight excluding hydrogens is 472 g/mol. The highest BCUT2D eigenvalue weighted by Crippen LogP contribution is 2.41. The summed E-state index contributed by atoms with van der Waals surface area (Å²) in [6, 6.07) is 22.4. The molecule has 6 nitrogen and oxygen atoms in total. The van der Waals surface area contributed by atoms with Crippen LogP contribution >= 0.6 is 11.3 Å². The van der Waals surface area contributed by atoms with Crippen molar-refractivity contribution in [1.29, 1.82) is 0 Å². The average molecular weight is 495 g/mol. The van der Waals surface area contributed by atoms with Crippen molar-refractivity contribution in [3.05, 3.63) is 126 Å². The lowest BCUT2D eigenvalue weighted by Gasteiger charge is -2.31. The Labute approximate surface area is 210 Å². The number of rotatable bonds is 4. The molecule has 0 bridgehead atoms. The van der Waals surface area contributed by atoms with E-state index in [4.69, 9.17) is 9.73 Å². The van der Waals surface area contributed by atoms with Crippen LogP contribution in [0.2, 0.25) is 0 Å². The number of aromatic nitrogens is 1. The van der Waals surface area contributed by atoms with E-state index in [1.165, 1.54) is 16.9 Å². The van der Waals surface area contributed by atoms with Gasteiger partial charge < -0.3 is 9.84 Å². The van der Waals surface area contributed by atoms with Gasteiger partial charge in [0, 0.05) is 5.56 Å². The fourth-order valence-corrected chi connectivity index (χ4v) is 6.01. The molecule has 0 spiro atoms. The van der Waals surface area contributed by atoms with E-state index in [0.717, 1.165) is 46.6 Å². The molecular formula is C29H22N2O4S. The number of hydrogen-bond donors (Lipinski definition) is 1. The van der Waals surface area contributed by atoms with Gasteiger partial charge in [-0.3, -0.25) is 9.36 Å². The number of carbonyl (C=O) groups is 1. The van der Waals surface area contributed by atoms with Gasteiger partial charge in [-0.25, -0.2) is 9.79 Å². The van der Waals surface area contributed by atoms with Gasteiger partial charge in [-0.2, -0.15) is 0 Å². The van der Waals surface area contributed by atoms with Crippen molar-refractivity contribution < 1.29 is 14.6 Å². The van der Waals surface area contributed by atoms with E-state index in [1.807, 2.05) is 30.3 Å². The van der Waals surface area contributed by atoms with E-state index >= 15 is 0 Å². The Morgan fingerprint density at radius 2 is 1.89 bits per heavy atom. The number of methoxy groups -OCH3 is 1. The van der Waals surface area contributed by atoms with Crippen molar-refractivity contribution in [3.63, 3.8) is 0 Å². The van der Waals surface area contributed by atoms with Gasteiger partial charge in [0.2, 0.25) is 0 Å². The van der Waals surface area contributed by atoms with Crippen molar-refractivity contribution in [2.75, 3.05) is 7.11 Å². The van der Waals surface area contributed by atoms with E-state index in [2.05, 4.69) is 18.2 Å². The largest absolute Gasteiger partial charge is 0.497 e. The second-order valence-electron chi connectivity index (χ2n) is 8.82. The van der Waals surface area contributed by atoms with Crippen LogP contribution in [0.25, 0.3) is 11.8 Å². The van der Waals surface area contributed by atoms with Crippen molar-refractivity contribution >= 4 is 29.1 Å². The molecule has 0 saturated heterocycles. The third-order valence-corrected chi connectivity index (χ3v) is 7.72. The number of benzene rings is 3. The molecule has 0 amide bonds. The van der Waals surface area contributed by atoms with E-state index in [0.29, 0.717) is 9.33 Å². The zero-order valence-electron chi connectivity index (χ0n) is 19.5. The van der Waals surface area contributed by atoms with Gasteiger partial charge >= 0.3 is 5.97 Å². The van der Waals surface area contributed by atoms with Gasteiger partial charge in [0.25, 0.3) is 5.56 Å². The molecule has 3 aromatic carbocycles. The number of carboxylic acids is 1. The fraction of sp³-hybridized carbons (Fsp3) is 0.138. The topological polar surface area (TPSA) is 80.9 Å². The average Bonchev–Trinajstić information content (AvgIpc) is 3.22. The summed E-state index contributed by atoms with van der Waals surface area (Å²) in [5, 5.41) is 9.18. The minimum absolute atomic E-state index is 0.112. The van der Waals surface area contributed by atoms with Gasteiger partial charge in [-0.1, -0.05) is 59.9 Å². The lowest BCUT2D eigenvalue weighted by Crippen LogP contribution is -2.38. The van der Waals surface area contributed by atoms with Crippen LogP contribution in [-0.4, -0.2) is 22.8 Å². The maximum atomic E-state index is 13.8. The van der Waals surface area contributed by atoms with Crippen molar-refractivity contribution in [1.82, 2.24) is 4.57 Å². The standard InChI is InChI=1S/C29H22N2O4S/c1-35-21-7-4-6-20(16-21)26-23-14-13-18-5-2-3-8-22(18)25(23)30-29-31(26)27(32)24(36-29)15-17-9-11-19(12-10-17)28(33)34/h2-12,15-16,26H,13-14H2,1H3,(H,33,34)/b24-15+. The summed E-state index contributed by atoms with van der Waals surface area (Å²) < 4.78 is 7.84. The summed E-state index contributed by atoms with van der Waals surface area (Å²) in [6.45, 7) is 0. The van der Waals surface area contributed by atoms with Crippen LogP contribution in [0, 0.1) is 0 Å². The molecule has 1 aliphatic carbocycles. The highest BCUT2D eigenvalue weighted by molar-refractivity contribution is 7.07. The first-order valence-electron chi connectivity index (χ1n) is 11.6. The normalized spacial score (nSPS) is 16.6. The van der Waals surface area contributed by atoms with Crippen LogP contribution in [0.3, 0.4) is 0 Å². The Kier molecular flexibility index (Phi) is 5.42. The molecule has 1 unspecified atom stereocenters. The van der Waals surface area contributed by atoms with Crippen LogP contribution in [0.1, 0.15) is 45.1 Å². The lowest BCUT2D eigenvalue weighted by atomic mass is 9.83. The summed E-state index contributed by atoms with van der Waals surface area (Å²) in [5.74, 6) is -0.242. The van der Waals surface area contributed by atoms with Gasteiger partial charge in [-0.05, 0) is 65.4 Å². The summed E-state index contributed by atoms with van der Waals surface area (Å²) in [6.07, 6.45) is 3.51. The fourth-order valence-electron chi connectivity index (χ4n) is 5.01. The van der Waals surface area contributed by atoms with Gasteiger partial charge in [0.1, 0.15) is 5.75 Å². The number of hydrogen-bond acceptors (Lipinski definition) is 5. The first-order valence-corrected chi connectivity index (χ1v) is 12.5. The van der Waals surface area contributed by atoms with Gasteiger partial charge in [0.15, 0.2) is 4.80 Å². The molecule has 7 heteroatoms. The summed E-state index contributed by atoms with van der Waals surface area (Å²) >= 11 is 1.35. The SMILES string of the molecule is COc1cccc(C2C3=C(N=c4s/c(=C/c5ccc(C(=O)O)cc5)c(=O)n42)c2ccccc2CC3)c1. The van der Waals surface area contributed by atoms with Crippen LogP contribution in [-0.2, 0) is 6.42 Å². The number of ether oxygens (including phenoxy) is 1. The first-order chi connectivity index (χ1) is 17.5. The van der Waals surface area contributed by atoms with Crippen molar-refractivity contribution in [2.45, 2.75) is 18.9 Å². The monoisotopic (exact) mass is 494 g/mol. The number of thiazole rings is 1. The third kappa shape index (κ3) is 3.69. The Morgan fingerprint density at radius 1 is 1.08 bits per heavy atom. The third-order valence-electron chi connectivity index (χ3n) is 6.74. The van der Waals surface area contributed by atoms with Crippen LogP contribution in [0.5, 0.6) is 5.75 Å². The predicted molar refractivity (Wildman–Crippen MR) is 139 cm³/mol. The number of allylic oxidation sites excluding steroid dienone is 1. The first kappa shape index (κ1) is 22.2. The molecule has 1 atom stereocenters. The Balaban J connectivity index is 1.58. The number of aryl methyl sites for hydroxylation is 1. The van der Waals surface area contributed by atoms with Gasteiger partial charge in [-0.15, -0.1) is 0 Å². The van der Waals surface area contributed by atoms with Crippen molar-refractivity contribution in [3.8, 4) is 5.75 Å². The maximum Gasteiger partial charge on any atom is 0.335 e. The molecule has 1 aliphatic heterocycles. The van der Waals surface area contributed by atoms with Crippen LogP contribution in [0.4, 0.5) is 0 Å². The van der Waals surface area contributed by atoms with Gasteiger partial charge in [0.05, 0.1) is 28.9 Å². The Hall–Kier alpha value is -4.23. The molecule has 6 rings (SSSR count). The smallest absolute Gasteiger partial charge is 0.335 e.